The second kappa shape index (κ2) is 5.47. The van der Waals surface area contributed by atoms with Crippen LogP contribution in [0, 0.1) is 6.92 Å². The van der Waals surface area contributed by atoms with E-state index in [1.165, 1.54) is 5.56 Å². The van der Waals surface area contributed by atoms with E-state index in [0.717, 1.165) is 29.9 Å². The Bertz CT molecular complexity index is 636. The van der Waals surface area contributed by atoms with Crippen LogP contribution in [0.15, 0.2) is 48.5 Å². The number of carbonyl (C=O) groups is 1. The summed E-state index contributed by atoms with van der Waals surface area (Å²) in [6, 6.07) is 15.9. The minimum Gasteiger partial charge on any atom is -0.311 e. The SMILES string of the molecule is Cc1cccc(C(=O)N2CCNCc3ccccc32)c1. The number of aryl methyl sites for hydroxylation is 1. The number of rotatable bonds is 1. The third-order valence-electron chi connectivity index (χ3n) is 3.62. The predicted molar refractivity (Wildman–Crippen MR) is 81.0 cm³/mol. The lowest BCUT2D eigenvalue weighted by Crippen LogP contribution is -2.34. The maximum Gasteiger partial charge on any atom is 0.258 e. The molecule has 3 nitrogen and oxygen atoms in total. The van der Waals surface area contributed by atoms with E-state index in [1.807, 2.05) is 54.3 Å². The number of fused-ring (bicyclic) bond motifs is 1. The van der Waals surface area contributed by atoms with Crippen molar-refractivity contribution in [3.8, 4) is 0 Å². The molecular weight excluding hydrogens is 248 g/mol. The van der Waals surface area contributed by atoms with Crippen molar-refractivity contribution in [3.05, 3.63) is 65.2 Å². The van der Waals surface area contributed by atoms with Gasteiger partial charge in [-0.3, -0.25) is 4.79 Å². The molecule has 0 unspecified atom stereocenters. The van der Waals surface area contributed by atoms with Gasteiger partial charge >= 0.3 is 0 Å². The molecule has 1 aliphatic rings. The second-order valence-electron chi connectivity index (χ2n) is 5.13. The number of nitrogens with one attached hydrogen (secondary N) is 1. The van der Waals surface area contributed by atoms with Gasteiger partial charge in [0.25, 0.3) is 5.91 Å². The summed E-state index contributed by atoms with van der Waals surface area (Å²) in [5, 5.41) is 3.36. The normalized spacial score (nSPS) is 14.6. The zero-order chi connectivity index (χ0) is 13.9. The third-order valence-corrected chi connectivity index (χ3v) is 3.62. The van der Waals surface area contributed by atoms with E-state index >= 15 is 0 Å². The van der Waals surface area contributed by atoms with Crippen LogP contribution in [-0.2, 0) is 6.54 Å². The second-order valence-corrected chi connectivity index (χ2v) is 5.13. The van der Waals surface area contributed by atoms with E-state index in [4.69, 9.17) is 0 Å². The highest BCUT2D eigenvalue weighted by Crippen LogP contribution is 2.24. The smallest absolute Gasteiger partial charge is 0.258 e. The first kappa shape index (κ1) is 12.9. The standard InChI is InChI=1S/C17H18N2O/c1-13-5-4-7-14(11-13)17(20)19-10-9-18-12-15-6-2-3-8-16(15)19/h2-8,11,18H,9-10,12H2,1H3. The Kier molecular flexibility index (Phi) is 3.52. The van der Waals surface area contributed by atoms with E-state index in [2.05, 4.69) is 11.4 Å². The summed E-state index contributed by atoms with van der Waals surface area (Å²) in [7, 11) is 0. The summed E-state index contributed by atoms with van der Waals surface area (Å²) in [4.78, 5) is 14.6. The van der Waals surface area contributed by atoms with Gasteiger partial charge in [-0.05, 0) is 30.7 Å². The van der Waals surface area contributed by atoms with Gasteiger partial charge in [0.2, 0.25) is 0 Å². The van der Waals surface area contributed by atoms with Gasteiger partial charge in [0.05, 0.1) is 0 Å². The Morgan fingerprint density at radius 2 is 2.00 bits per heavy atom. The highest BCUT2D eigenvalue weighted by molar-refractivity contribution is 6.06. The van der Waals surface area contributed by atoms with Crippen molar-refractivity contribution in [1.29, 1.82) is 0 Å². The number of benzene rings is 2. The lowest BCUT2D eigenvalue weighted by molar-refractivity contribution is 0.0987. The fourth-order valence-electron chi connectivity index (χ4n) is 2.60. The molecule has 102 valence electrons. The molecule has 3 rings (SSSR count). The van der Waals surface area contributed by atoms with Crippen molar-refractivity contribution >= 4 is 11.6 Å². The van der Waals surface area contributed by atoms with Crippen molar-refractivity contribution in [2.75, 3.05) is 18.0 Å². The van der Waals surface area contributed by atoms with E-state index in [-0.39, 0.29) is 5.91 Å². The van der Waals surface area contributed by atoms with Crippen LogP contribution in [0.1, 0.15) is 21.5 Å². The summed E-state index contributed by atoms with van der Waals surface area (Å²) in [5.74, 6) is 0.0739. The van der Waals surface area contributed by atoms with Crippen molar-refractivity contribution in [1.82, 2.24) is 5.32 Å². The molecule has 1 amide bonds. The summed E-state index contributed by atoms with van der Waals surface area (Å²) < 4.78 is 0. The van der Waals surface area contributed by atoms with Crippen LogP contribution in [0.3, 0.4) is 0 Å². The van der Waals surface area contributed by atoms with Crippen LogP contribution in [-0.4, -0.2) is 19.0 Å². The van der Waals surface area contributed by atoms with Gasteiger partial charge < -0.3 is 10.2 Å². The summed E-state index contributed by atoms with van der Waals surface area (Å²) >= 11 is 0. The molecular formula is C17H18N2O. The quantitative estimate of drug-likeness (QED) is 0.860. The molecule has 1 aliphatic heterocycles. The Labute approximate surface area is 119 Å². The predicted octanol–water partition coefficient (Wildman–Crippen LogP) is 2.75. The fraction of sp³-hybridized carbons (Fsp3) is 0.235. The Hall–Kier alpha value is -2.13. The molecule has 0 fully saturated rings. The fourth-order valence-corrected chi connectivity index (χ4v) is 2.60. The Morgan fingerprint density at radius 1 is 1.15 bits per heavy atom. The number of hydrogen-bond acceptors (Lipinski definition) is 2. The van der Waals surface area contributed by atoms with Gasteiger partial charge in [0, 0.05) is 30.9 Å². The number of hydrogen-bond donors (Lipinski definition) is 1. The van der Waals surface area contributed by atoms with Gasteiger partial charge in [-0.2, -0.15) is 0 Å². The largest absolute Gasteiger partial charge is 0.311 e. The number of carbonyl (C=O) groups excluding carboxylic acids is 1. The topological polar surface area (TPSA) is 32.3 Å². The zero-order valence-corrected chi connectivity index (χ0v) is 11.6. The Morgan fingerprint density at radius 3 is 2.85 bits per heavy atom. The first-order valence-electron chi connectivity index (χ1n) is 6.93. The summed E-state index contributed by atoms with van der Waals surface area (Å²) in [6.45, 7) is 4.33. The molecule has 2 aromatic carbocycles. The van der Waals surface area contributed by atoms with E-state index in [1.54, 1.807) is 0 Å². The van der Waals surface area contributed by atoms with E-state index in [9.17, 15) is 4.79 Å². The highest BCUT2D eigenvalue weighted by Gasteiger charge is 2.21. The van der Waals surface area contributed by atoms with Gasteiger partial charge in [-0.15, -0.1) is 0 Å². The molecule has 0 spiro atoms. The van der Waals surface area contributed by atoms with Crippen molar-refractivity contribution in [2.24, 2.45) is 0 Å². The van der Waals surface area contributed by atoms with Crippen LogP contribution in [0.2, 0.25) is 0 Å². The number of nitrogens with zero attached hydrogens (tertiary/aromatic N) is 1. The van der Waals surface area contributed by atoms with Crippen molar-refractivity contribution < 1.29 is 4.79 Å². The molecule has 2 aromatic rings. The minimum absolute atomic E-state index is 0.0739. The van der Waals surface area contributed by atoms with Crippen LogP contribution in [0.4, 0.5) is 5.69 Å². The Balaban J connectivity index is 1.99. The molecule has 20 heavy (non-hydrogen) atoms. The van der Waals surface area contributed by atoms with Gasteiger partial charge in [-0.1, -0.05) is 35.9 Å². The lowest BCUT2D eigenvalue weighted by atomic mass is 10.1. The van der Waals surface area contributed by atoms with Gasteiger partial charge in [-0.25, -0.2) is 0 Å². The number of amides is 1. The molecule has 1 heterocycles. The van der Waals surface area contributed by atoms with Gasteiger partial charge in [0.1, 0.15) is 0 Å². The average molecular weight is 266 g/mol. The molecule has 0 aliphatic carbocycles. The third kappa shape index (κ3) is 2.45. The molecule has 0 aromatic heterocycles. The molecule has 0 saturated heterocycles. The van der Waals surface area contributed by atoms with Crippen molar-refractivity contribution in [2.45, 2.75) is 13.5 Å². The monoisotopic (exact) mass is 266 g/mol. The lowest BCUT2D eigenvalue weighted by Gasteiger charge is -2.22. The number of para-hydroxylation sites is 1. The molecule has 0 bridgehead atoms. The summed E-state index contributed by atoms with van der Waals surface area (Å²) in [6.07, 6.45) is 0. The minimum atomic E-state index is 0.0739. The molecule has 3 heteroatoms. The average Bonchev–Trinajstić information content (AvgIpc) is 2.69. The zero-order valence-electron chi connectivity index (χ0n) is 11.6. The maximum atomic E-state index is 12.8. The number of anilines is 1. The first-order chi connectivity index (χ1) is 9.75. The molecule has 1 N–H and O–H groups in total. The van der Waals surface area contributed by atoms with E-state index < -0.39 is 0 Å². The van der Waals surface area contributed by atoms with Gasteiger partial charge in [0.15, 0.2) is 0 Å². The van der Waals surface area contributed by atoms with Crippen LogP contribution < -0.4 is 10.2 Å². The van der Waals surface area contributed by atoms with E-state index in [0.29, 0.717) is 6.54 Å². The van der Waals surface area contributed by atoms with Crippen molar-refractivity contribution in [3.63, 3.8) is 0 Å². The first-order valence-corrected chi connectivity index (χ1v) is 6.93. The van der Waals surface area contributed by atoms with Crippen LogP contribution in [0.5, 0.6) is 0 Å². The molecule has 0 atom stereocenters. The maximum absolute atomic E-state index is 12.8. The summed E-state index contributed by atoms with van der Waals surface area (Å²) in [5.41, 5.74) is 4.05. The molecule has 0 radical (unpaired) electrons. The molecule has 0 saturated carbocycles. The van der Waals surface area contributed by atoms with Crippen LogP contribution in [0.25, 0.3) is 0 Å². The van der Waals surface area contributed by atoms with Crippen LogP contribution >= 0.6 is 0 Å². The highest BCUT2D eigenvalue weighted by atomic mass is 16.2.